The summed E-state index contributed by atoms with van der Waals surface area (Å²) >= 11 is 0. The molecule has 1 fully saturated rings. The molecule has 150 valence electrons. The van der Waals surface area contributed by atoms with Gasteiger partial charge in [-0.2, -0.15) is 9.40 Å². The van der Waals surface area contributed by atoms with E-state index in [1.165, 1.54) is 29.6 Å². The standard InChI is InChI=1S/C20H20N4O4S/c1-15(25)16-5-4-6-17(13-16)29(27,28)23-11-9-22(10-12-23)20(26)18-14-21-24-8-3-2-7-19(18)24/h2-8,13-14H,9-12H2,1H3. The molecule has 8 nitrogen and oxygen atoms in total. The summed E-state index contributed by atoms with van der Waals surface area (Å²) in [7, 11) is -3.73. The number of rotatable bonds is 4. The number of aromatic nitrogens is 2. The van der Waals surface area contributed by atoms with Crippen molar-refractivity contribution in [1.82, 2.24) is 18.8 Å². The summed E-state index contributed by atoms with van der Waals surface area (Å²) in [4.78, 5) is 26.2. The molecule has 4 rings (SSSR count). The normalized spacial score (nSPS) is 15.6. The largest absolute Gasteiger partial charge is 0.336 e. The number of hydrogen-bond acceptors (Lipinski definition) is 5. The zero-order valence-electron chi connectivity index (χ0n) is 15.9. The van der Waals surface area contributed by atoms with Gasteiger partial charge in [0.2, 0.25) is 10.0 Å². The summed E-state index contributed by atoms with van der Waals surface area (Å²) in [5.41, 5.74) is 1.57. The van der Waals surface area contributed by atoms with Crippen molar-refractivity contribution in [1.29, 1.82) is 0 Å². The molecule has 1 saturated heterocycles. The SMILES string of the molecule is CC(=O)c1cccc(S(=O)(=O)N2CCN(C(=O)c3cnn4ccccc34)CC2)c1. The van der Waals surface area contributed by atoms with E-state index in [0.29, 0.717) is 16.6 Å². The molecule has 0 N–H and O–H groups in total. The van der Waals surface area contributed by atoms with Gasteiger partial charge in [0.05, 0.1) is 22.2 Å². The lowest BCUT2D eigenvalue weighted by atomic mass is 10.2. The van der Waals surface area contributed by atoms with Gasteiger partial charge in [-0.05, 0) is 31.2 Å². The second-order valence-corrected chi connectivity index (χ2v) is 8.81. The third-order valence-corrected chi connectivity index (χ3v) is 6.96. The van der Waals surface area contributed by atoms with Gasteiger partial charge in [0.25, 0.3) is 5.91 Å². The number of carbonyl (C=O) groups is 2. The molecule has 0 aliphatic carbocycles. The van der Waals surface area contributed by atoms with Gasteiger partial charge in [0.1, 0.15) is 0 Å². The Labute approximate surface area is 168 Å². The monoisotopic (exact) mass is 412 g/mol. The van der Waals surface area contributed by atoms with E-state index in [-0.39, 0.29) is 42.8 Å². The first kappa shape index (κ1) is 19.3. The van der Waals surface area contributed by atoms with E-state index in [0.717, 1.165) is 0 Å². The van der Waals surface area contributed by atoms with Gasteiger partial charge < -0.3 is 4.90 Å². The van der Waals surface area contributed by atoms with Crippen LogP contribution < -0.4 is 0 Å². The Morgan fingerprint density at radius 3 is 2.48 bits per heavy atom. The fraction of sp³-hybridized carbons (Fsp3) is 0.250. The van der Waals surface area contributed by atoms with Crippen LogP contribution in [-0.2, 0) is 10.0 Å². The third-order valence-electron chi connectivity index (χ3n) is 5.06. The minimum Gasteiger partial charge on any atom is -0.336 e. The highest BCUT2D eigenvalue weighted by atomic mass is 32.2. The van der Waals surface area contributed by atoms with Gasteiger partial charge in [-0.25, -0.2) is 12.9 Å². The molecule has 29 heavy (non-hydrogen) atoms. The molecule has 1 aliphatic rings. The highest BCUT2D eigenvalue weighted by Gasteiger charge is 2.31. The summed E-state index contributed by atoms with van der Waals surface area (Å²) < 4.78 is 28.9. The fourth-order valence-corrected chi connectivity index (χ4v) is 4.89. The van der Waals surface area contributed by atoms with Crippen LogP contribution in [0.4, 0.5) is 0 Å². The van der Waals surface area contributed by atoms with Crippen molar-refractivity contribution >= 4 is 27.2 Å². The Morgan fingerprint density at radius 2 is 1.76 bits per heavy atom. The van der Waals surface area contributed by atoms with Gasteiger partial charge in [-0.1, -0.05) is 18.2 Å². The molecule has 0 atom stereocenters. The number of pyridine rings is 1. The van der Waals surface area contributed by atoms with E-state index in [9.17, 15) is 18.0 Å². The Kier molecular flexibility index (Phi) is 4.93. The van der Waals surface area contributed by atoms with Gasteiger partial charge in [0.15, 0.2) is 5.78 Å². The Morgan fingerprint density at radius 1 is 1.00 bits per heavy atom. The second-order valence-electron chi connectivity index (χ2n) is 6.87. The van der Waals surface area contributed by atoms with Crippen molar-refractivity contribution in [2.24, 2.45) is 0 Å². The van der Waals surface area contributed by atoms with Crippen LogP contribution in [-0.4, -0.2) is 65.1 Å². The lowest BCUT2D eigenvalue weighted by molar-refractivity contribution is 0.0699. The molecule has 2 aromatic heterocycles. The average Bonchev–Trinajstić information content (AvgIpc) is 3.17. The summed E-state index contributed by atoms with van der Waals surface area (Å²) in [5, 5.41) is 4.19. The Hall–Kier alpha value is -3.04. The molecule has 1 aliphatic heterocycles. The predicted molar refractivity (Wildman–Crippen MR) is 106 cm³/mol. The fourth-order valence-electron chi connectivity index (χ4n) is 3.43. The molecular weight excluding hydrogens is 392 g/mol. The lowest BCUT2D eigenvalue weighted by Gasteiger charge is -2.34. The van der Waals surface area contributed by atoms with E-state index in [2.05, 4.69) is 5.10 Å². The molecule has 3 heterocycles. The third kappa shape index (κ3) is 3.54. The van der Waals surface area contributed by atoms with Gasteiger partial charge in [-0.15, -0.1) is 0 Å². The molecule has 0 spiro atoms. The first-order valence-corrected chi connectivity index (χ1v) is 10.6. The van der Waals surface area contributed by atoms with Crippen molar-refractivity contribution in [2.75, 3.05) is 26.2 Å². The minimum atomic E-state index is -3.73. The summed E-state index contributed by atoms with van der Waals surface area (Å²) in [5.74, 6) is -0.354. The number of amides is 1. The predicted octanol–water partition coefficient (Wildman–Crippen LogP) is 1.68. The topological polar surface area (TPSA) is 92.1 Å². The summed E-state index contributed by atoms with van der Waals surface area (Å²) in [6, 6.07) is 11.5. The van der Waals surface area contributed by atoms with E-state index >= 15 is 0 Å². The second kappa shape index (κ2) is 7.41. The van der Waals surface area contributed by atoms with Crippen molar-refractivity contribution in [3.8, 4) is 0 Å². The molecule has 1 aromatic carbocycles. The number of hydrogen-bond donors (Lipinski definition) is 0. The number of Topliss-reactive ketones (excluding diaryl/α,β-unsaturated/α-hetero) is 1. The van der Waals surface area contributed by atoms with Gasteiger partial charge in [-0.3, -0.25) is 9.59 Å². The van der Waals surface area contributed by atoms with Crippen LogP contribution in [0, 0.1) is 0 Å². The Bertz CT molecular complexity index is 1190. The highest BCUT2D eigenvalue weighted by Crippen LogP contribution is 2.21. The van der Waals surface area contributed by atoms with E-state index in [4.69, 9.17) is 0 Å². The number of carbonyl (C=O) groups excluding carboxylic acids is 2. The lowest BCUT2D eigenvalue weighted by Crippen LogP contribution is -2.50. The molecule has 0 unspecified atom stereocenters. The quantitative estimate of drug-likeness (QED) is 0.608. The van der Waals surface area contributed by atoms with Gasteiger partial charge in [0, 0.05) is 37.9 Å². The number of ketones is 1. The molecular formula is C20H20N4O4S. The zero-order valence-corrected chi connectivity index (χ0v) is 16.7. The maximum atomic E-state index is 12.9. The molecule has 1 amide bonds. The highest BCUT2D eigenvalue weighted by molar-refractivity contribution is 7.89. The van der Waals surface area contributed by atoms with Crippen LogP contribution in [0.3, 0.4) is 0 Å². The first-order valence-electron chi connectivity index (χ1n) is 9.21. The number of benzene rings is 1. The molecule has 3 aromatic rings. The smallest absolute Gasteiger partial charge is 0.257 e. The molecule has 0 bridgehead atoms. The van der Waals surface area contributed by atoms with E-state index in [1.54, 1.807) is 27.7 Å². The number of fused-ring (bicyclic) bond motifs is 1. The van der Waals surface area contributed by atoms with Crippen LogP contribution in [0.25, 0.3) is 5.52 Å². The average molecular weight is 412 g/mol. The van der Waals surface area contributed by atoms with E-state index < -0.39 is 10.0 Å². The van der Waals surface area contributed by atoms with E-state index in [1.807, 2.05) is 18.2 Å². The maximum Gasteiger partial charge on any atom is 0.257 e. The van der Waals surface area contributed by atoms with Crippen molar-refractivity contribution in [2.45, 2.75) is 11.8 Å². The first-order chi connectivity index (χ1) is 13.9. The Balaban J connectivity index is 1.49. The molecule has 0 radical (unpaired) electrons. The summed E-state index contributed by atoms with van der Waals surface area (Å²) in [6.07, 6.45) is 3.31. The van der Waals surface area contributed by atoms with Crippen molar-refractivity contribution in [3.05, 3.63) is 66.0 Å². The van der Waals surface area contributed by atoms with Crippen LogP contribution >= 0.6 is 0 Å². The van der Waals surface area contributed by atoms with Crippen molar-refractivity contribution in [3.63, 3.8) is 0 Å². The maximum absolute atomic E-state index is 12.9. The number of piperazine rings is 1. The van der Waals surface area contributed by atoms with Crippen LogP contribution in [0.2, 0.25) is 0 Å². The van der Waals surface area contributed by atoms with Crippen LogP contribution in [0.1, 0.15) is 27.6 Å². The van der Waals surface area contributed by atoms with Crippen LogP contribution in [0.5, 0.6) is 0 Å². The number of nitrogens with zero attached hydrogens (tertiary/aromatic N) is 4. The van der Waals surface area contributed by atoms with Crippen molar-refractivity contribution < 1.29 is 18.0 Å². The molecule has 9 heteroatoms. The van der Waals surface area contributed by atoms with Crippen LogP contribution in [0.15, 0.2) is 59.8 Å². The minimum absolute atomic E-state index is 0.0904. The van der Waals surface area contributed by atoms with Gasteiger partial charge >= 0.3 is 0 Å². The summed E-state index contributed by atoms with van der Waals surface area (Å²) in [6.45, 7) is 2.36. The number of sulfonamides is 1. The molecule has 0 saturated carbocycles. The zero-order chi connectivity index (χ0) is 20.6.